The number of methoxy groups -OCH3 is 1. The normalized spacial score (nSPS) is 11.9. The molecule has 2 N–H and O–H groups in total. The van der Waals surface area contributed by atoms with Gasteiger partial charge in [0.05, 0.1) is 12.4 Å². The molecule has 0 rings (SSSR count). The first-order valence-electron chi connectivity index (χ1n) is 4.36. The van der Waals surface area contributed by atoms with E-state index in [1.165, 1.54) is 11.4 Å². The van der Waals surface area contributed by atoms with E-state index in [2.05, 4.69) is 6.58 Å². The monoisotopic (exact) mass is 222 g/mol. The lowest BCUT2D eigenvalue weighted by molar-refractivity contribution is 0.182. The fourth-order valence-corrected chi connectivity index (χ4v) is 2.20. The minimum absolute atomic E-state index is 0.0371. The predicted molar refractivity (Wildman–Crippen MR) is 56.5 cm³/mol. The third kappa shape index (κ3) is 4.71. The van der Waals surface area contributed by atoms with Crippen LogP contribution in [0.1, 0.15) is 0 Å². The highest BCUT2D eigenvalue weighted by atomic mass is 32.2. The second kappa shape index (κ2) is 6.94. The molecule has 0 aromatic carbocycles. The second-order valence-electron chi connectivity index (χ2n) is 2.74. The number of nitrogens with zero attached hydrogens (tertiary/aromatic N) is 1. The Kier molecular flexibility index (Phi) is 6.73. The molecule has 0 saturated heterocycles. The van der Waals surface area contributed by atoms with E-state index in [0.29, 0.717) is 19.7 Å². The molecule has 0 atom stereocenters. The third-order valence-corrected chi connectivity index (χ3v) is 3.52. The van der Waals surface area contributed by atoms with Gasteiger partial charge in [0.25, 0.3) is 0 Å². The molecule has 0 saturated carbocycles. The van der Waals surface area contributed by atoms with Crippen LogP contribution >= 0.6 is 0 Å². The zero-order valence-corrected chi connectivity index (χ0v) is 9.29. The Morgan fingerprint density at radius 2 is 2.21 bits per heavy atom. The number of sulfonamides is 1. The van der Waals surface area contributed by atoms with Gasteiger partial charge in [-0.25, -0.2) is 8.42 Å². The minimum atomic E-state index is -3.25. The van der Waals surface area contributed by atoms with Gasteiger partial charge in [0.1, 0.15) is 0 Å². The van der Waals surface area contributed by atoms with E-state index in [1.54, 1.807) is 6.08 Å². The summed E-state index contributed by atoms with van der Waals surface area (Å²) in [4.78, 5) is 0. The number of nitrogens with two attached hydrogens (primary N) is 1. The molecule has 6 heteroatoms. The molecule has 0 aliphatic heterocycles. The Bertz CT molecular complexity index is 251. The van der Waals surface area contributed by atoms with Gasteiger partial charge in [0.15, 0.2) is 0 Å². The molecule has 5 nitrogen and oxygen atoms in total. The summed E-state index contributed by atoms with van der Waals surface area (Å²) in [5.74, 6) is -0.0371. The van der Waals surface area contributed by atoms with Crippen molar-refractivity contribution in [1.29, 1.82) is 0 Å². The van der Waals surface area contributed by atoms with Crippen molar-refractivity contribution in [3.8, 4) is 0 Å². The third-order valence-electron chi connectivity index (χ3n) is 1.65. The van der Waals surface area contributed by atoms with E-state index in [-0.39, 0.29) is 12.3 Å². The fraction of sp³-hybridized carbons (Fsp3) is 0.750. The lowest BCUT2D eigenvalue weighted by Crippen LogP contribution is -2.37. The Morgan fingerprint density at radius 1 is 1.57 bits per heavy atom. The molecule has 0 aliphatic carbocycles. The minimum Gasteiger partial charge on any atom is -0.383 e. The van der Waals surface area contributed by atoms with E-state index in [4.69, 9.17) is 10.5 Å². The molecule has 0 aromatic heterocycles. The van der Waals surface area contributed by atoms with Gasteiger partial charge in [-0.3, -0.25) is 0 Å². The average molecular weight is 222 g/mol. The molecule has 0 spiro atoms. The largest absolute Gasteiger partial charge is 0.383 e. The quantitative estimate of drug-likeness (QED) is 0.557. The molecule has 0 unspecified atom stereocenters. The van der Waals surface area contributed by atoms with Crippen LogP contribution in [0.5, 0.6) is 0 Å². The molecule has 0 bridgehead atoms. The predicted octanol–water partition coefficient (Wildman–Crippen LogP) is -0.591. The first-order valence-corrected chi connectivity index (χ1v) is 5.97. The maximum Gasteiger partial charge on any atom is 0.215 e. The maximum atomic E-state index is 11.6. The number of hydrogen-bond donors (Lipinski definition) is 1. The maximum absolute atomic E-state index is 11.6. The van der Waals surface area contributed by atoms with Crippen LogP contribution < -0.4 is 5.73 Å². The lowest BCUT2D eigenvalue weighted by Gasteiger charge is -2.19. The number of ether oxygens (including phenoxy) is 1. The Balaban J connectivity index is 4.37. The highest BCUT2D eigenvalue weighted by Gasteiger charge is 2.18. The zero-order valence-electron chi connectivity index (χ0n) is 8.48. The number of rotatable bonds is 8. The highest BCUT2D eigenvalue weighted by molar-refractivity contribution is 7.89. The van der Waals surface area contributed by atoms with Crippen molar-refractivity contribution in [2.45, 2.75) is 0 Å². The van der Waals surface area contributed by atoms with E-state index in [1.807, 2.05) is 0 Å². The molecule has 14 heavy (non-hydrogen) atoms. The van der Waals surface area contributed by atoms with Gasteiger partial charge in [-0.15, -0.1) is 6.58 Å². The summed E-state index contributed by atoms with van der Waals surface area (Å²) >= 11 is 0. The fourth-order valence-electron chi connectivity index (χ4n) is 0.959. The standard InChI is InChI=1S/C8H18N2O3S/c1-3-5-10(6-7-13-2)14(11,12)8-4-9/h3H,1,4-9H2,2H3. The van der Waals surface area contributed by atoms with E-state index in [0.717, 1.165) is 0 Å². The second-order valence-corrected chi connectivity index (χ2v) is 4.83. The summed E-state index contributed by atoms with van der Waals surface area (Å²) in [6.07, 6.45) is 1.55. The van der Waals surface area contributed by atoms with Crippen molar-refractivity contribution in [3.63, 3.8) is 0 Å². The van der Waals surface area contributed by atoms with Crippen LogP contribution in [-0.4, -0.2) is 51.8 Å². The topological polar surface area (TPSA) is 72.6 Å². The van der Waals surface area contributed by atoms with Gasteiger partial charge < -0.3 is 10.5 Å². The van der Waals surface area contributed by atoms with Crippen molar-refractivity contribution in [2.75, 3.05) is 39.1 Å². The average Bonchev–Trinajstić information content (AvgIpc) is 2.11. The van der Waals surface area contributed by atoms with Crippen molar-refractivity contribution >= 4 is 10.0 Å². The summed E-state index contributed by atoms with van der Waals surface area (Å²) in [5, 5.41) is 0. The summed E-state index contributed by atoms with van der Waals surface area (Å²) in [6.45, 7) is 4.64. The summed E-state index contributed by atoms with van der Waals surface area (Å²) < 4.78 is 29.3. The molecule has 0 amide bonds. The molecule has 0 aromatic rings. The number of hydrogen-bond acceptors (Lipinski definition) is 4. The molecule has 0 aliphatic rings. The van der Waals surface area contributed by atoms with Crippen LogP contribution in [-0.2, 0) is 14.8 Å². The van der Waals surface area contributed by atoms with Crippen LogP contribution in [0.25, 0.3) is 0 Å². The molecule has 84 valence electrons. The van der Waals surface area contributed by atoms with Crippen LogP contribution in [0, 0.1) is 0 Å². The van der Waals surface area contributed by atoms with Gasteiger partial charge >= 0.3 is 0 Å². The molecule has 0 radical (unpaired) electrons. The summed E-state index contributed by atoms with van der Waals surface area (Å²) in [5.41, 5.74) is 5.21. The zero-order chi connectivity index (χ0) is 11.0. The van der Waals surface area contributed by atoms with Crippen molar-refractivity contribution in [2.24, 2.45) is 5.73 Å². The Labute approximate surface area is 85.6 Å². The van der Waals surface area contributed by atoms with Gasteiger partial charge in [0, 0.05) is 26.7 Å². The van der Waals surface area contributed by atoms with Crippen LogP contribution in [0.4, 0.5) is 0 Å². The Hall–Kier alpha value is -0.430. The molecular weight excluding hydrogens is 204 g/mol. The van der Waals surface area contributed by atoms with Gasteiger partial charge in [-0.2, -0.15) is 4.31 Å². The van der Waals surface area contributed by atoms with Crippen LogP contribution in [0.2, 0.25) is 0 Å². The van der Waals surface area contributed by atoms with Gasteiger partial charge in [0.2, 0.25) is 10.0 Å². The first-order chi connectivity index (χ1) is 6.58. The lowest BCUT2D eigenvalue weighted by atomic mass is 10.6. The SMILES string of the molecule is C=CCN(CCOC)S(=O)(=O)CCN. The molecular formula is C8H18N2O3S. The van der Waals surface area contributed by atoms with Crippen molar-refractivity contribution in [1.82, 2.24) is 4.31 Å². The highest BCUT2D eigenvalue weighted by Crippen LogP contribution is 2.00. The van der Waals surface area contributed by atoms with Gasteiger partial charge in [-0.05, 0) is 0 Å². The van der Waals surface area contributed by atoms with Crippen LogP contribution in [0.3, 0.4) is 0 Å². The van der Waals surface area contributed by atoms with Crippen molar-refractivity contribution < 1.29 is 13.2 Å². The summed E-state index contributed by atoms with van der Waals surface area (Å²) in [6, 6.07) is 0. The van der Waals surface area contributed by atoms with E-state index in [9.17, 15) is 8.42 Å². The van der Waals surface area contributed by atoms with E-state index < -0.39 is 10.0 Å². The first kappa shape index (κ1) is 13.6. The Morgan fingerprint density at radius 3 is 2.64 bits per heavy atom. The smallest absolute Gasteiger partial charge is 0.215 e. The van der Waals surface area contributed by atoms with Crippen molar-refractivity contribution in [3.05, 3.63) is 12.7 Å². The molecule has 0 heterocycles. The van der Waals surface area contributed by atoms with Gasteiger partial charge in [-0.1, -0.05) is 6.08 Å². The van der Waals surface area contributed by atoms with Crippen LogP contribution in [0.15, 0.2) is 12.7 Å². The molecule has 0 fully saturated rings. The summed E-state index contributed by atoms with van der Waals surface area (Å²) in [7, 11) is -1.72. The van der Waals surface area contributed by atoms with E-state index >= 15 is 0 Å².